The number of benzene rings is 2. The van der Waals surface area contributed by atoms with Crippen LogP contribution in [0.25, 0.3) is 0 Å². The second-order valence-corrected chi connectivity index (χ2v) is 10.3. The molecular weight excluding hydrogens is 419 g/mol. The number of sulfonamides is 2. The molecule has 1 N–H and O–H groups in total. The minimum atomic E-state index is -3.97. The molecule has 0 aromatic heterocycles. The highest BCUT2D eigenvalue weighted by molar-refractivity contribution is 7.92. The number of anilines is 1. The van der Waals surface area contributed by atoms with Crippen LogP contribution < -0.4 is 4.72 Å². The van der Waals surface area contributed by atoms with Gasteiger partial charge < -0.3 is 0 Å². The monoisotopic (exact) mass is 434 g/mol. The van der Waals surface area contributed by atoms with E-state index in [1.807, 2.05) is 0 Å². The molecule has 0 radical (unpaired) electrons. The Morgan fingerprint density at radius 3 is 2.23 bits per heavy atom. The predicted molar refractivity (Wildman–Crippen MR) is 102 cm³/mol. The first-order chi connectivity index (χ1) is 12.2. The van der Waals surface area contributed by atoms with E-state index in [-0.39, 0.29) is 25.5 Å². The molecule has 0 aliphatic carbocycles. The number of rotatable bonds is 5. The molecule has 2 aromatic rings. The Morgan fingerprint density at radius 1 is 0.885 bits per heavy atom. The molecule has 6 nitrogen and oxygen atoms in total. The zero-order valence-corrected chi connectivity index (χ0v) is 16.7. The van der Waals surface area contributed by atoms with E-state index in [2.05, 4.69) is 4.72 Å². The van der Waals surface area contributed by atoms with Crippen molar-refractivity contribution in [3.05, 3.63) is 52.5 Å². The standard InChI is InChI=1S/C16H16Cl2N2O4S2/c17-12-4-3-5-13(10-12)25(21,22)19-16-11-14(6-7-15(16)18)26(23,24)20-8-1-2-9-20/h3-7,10-11,19H,1-2,8-9H2. The van der Waals surface area contributed by atoms with E-state index in [1.54, 1.807) is 6.07 Å². The van der Waals surface area contributed by atoms with E-state index in [9.17, 15) is 16.8 Å². The van der Waals surface area contributed by atoms with Crippen LogP contribution in [0.2, 0.25) is 10.0 Å². The van der Waals surface area contributed by atoms with E-state index in [1.165, 1.54) is 40.7 Å². The maximum atomic E-state index is 12.7. The normalized spacial score (nSPS) is 15.9. The lowest BCUT2D eigenvalue weighted by Gasteiger charge is -2.17. The molecule has 3 rings (SSSR count). The molecule has 1 aliphatic rings. The summed E-state index contributed by atoms with van der Waals surface area (Å²) in [5, 5.41) is 0.361. The van der Waals surface area contributed by atoms with Gasteiger partial charge in [-0.15, -0.1) is 0 Å². The van der Waals surface area contributed by atoms with Gasteiger partial charge in [-0.2, -0.15) is 4.31 Å². The van der Waals surface area contributed by atoms with E-state index in [0.29, 0.717) is 13.1 Å². The molecule has 0 saturated carbocycles. The van der Waals surface area contributed by atoms with Crippen LogP contribution in [0.4, 0.5) is 5.69 Å². The molecule has 1 aliphatic heterocycles. The summed E-state index contributed by atoms with van der Waals surface area (Å²) in [6.45, 7) is 0.906. The Kier molecular flexibility index (Phi) is 5.50. The van der Waals surface area contributed by atoms with Crippen LogP contribution in [-0.2, 0) is 20.0 Å². The third kappa shape index (κ3) is 3.99. The van der Waals surface area contributed by atoms with Gasteiger partial charge in [-0.3, -0.25) is 4.72 Å². The zero-order chi connectivity index (χ0) is 18.9. The molecule has 0 amide bonds. The summed E-state index contributed by atoms with van der Waals surface area (Å²) >= 11 is 11.9. The third-order valence-electron chi connectivity index (χ3n) is 3.99. The summed E-state index contributed by atoms with van der Waals surface area (Å²) in [6.07, 6.45) is 1.61. The fourth-order valence-corrected chi connectivity index (χ4v) is 5.79. The van der Waals surface area contributed by atoms with Crippen LogP contribution in [0.3, 0.4) is 0 Å². The van der Waals surface area contributed by atoms with Gasteiger partial charge >= 0.3 is 0 Å². The maximum Gasteiger partial charge on any atom is 0.261 e. The molecule has 1 heterocycles. The molecule has 0 bridgehead atoms. The fraction of sp³-hybridized carbons (Fsp3) is 0.250. The summed E-state index contributed by atoms with van der Waals surface area (Å²) in [6, 6.07) is 9.70. The van der Waals surface area contributed by atoms with E-state index in [0.717, 1.165) is 12.8 Å². The smallest absolute Gasteiger partial charge is 0.261 e. The highest BCUT2D eigenvalue weighted by atomic mass is 35.5. The molecule has 0 atom stereocenters. The lowest BCUT2D eigenvalue weighted by atomic mass is 10.3. The van der Waals surface area contributed by atoms with Crippen molar-refractivity contribution >= 4 is 48.9 Å². The van der Waals surface area contributed by atoms with Crippen molar-refractivity contribution in [2.75, 3.05) is 17.8 Å². The Hall–Kier alpha value is -1.32. The molecule has 1 saturated heterocycles. The van der Waals surface area contributed by atoms with Crippen molar-refractivity contribution in [2.24, 2.45) is 0 Å². The van der Waals surface area contributed by atoms with Crippen LogP contribution >= 0.6 is 23.2 Å². The Bertz CT molecular complexity index is 1030. The molecule has 26 heavy (non-hydrogen) atoms. The average Bonchev–Trinajstić information content (AvgIpc) is 3.12. The van der Waals surface area contributed by atoms with Gasteiger partial charge in [0.25, 0.3) is 10.0 Å². The van der Waals surface area contributed by atoms with Gasteiger partial charge in [-0.1, -0.05) is 29.3 Å². The number of nitrogens with one attached hydrogen (secondary N) is 1. The van der Waals surface area contributed by atoms with E-state index >= 15 is 0 Å². The molecule has 140 valence electrons. The molecule has 0 spiro atoms. The number of nitrogens with zero attached hydrogens (tertiary/aromatic N) is 1. The lowest BCUT2D eigenvalue weighted by Crippen LogP contribution is -2.28. The van der Waals surface area contributed by atoms with Gasteiger partial charge in [-0.25, -0.2) is 16.8 Å². The van der Waals surface area contributed by atoms with Crippen molar-refractivity contribution in [3.63, 3.8) is 0 Å². The Morgan fingerprint density at radius 2 is 1.58 bits per heavy atom. The summed E-state index contributed by atoms with van der Waals surface area (Å²) in [4.78, 5) is -0.0542. The van der Waals surface area contributed by atoms with Gasteiger partial charge in [0.15, 0.2) is 0 Å². The SMILES string of the molecule is O=S(=O)(Nc1cc(S(=O)(=O)N2CCCC2)ccc1Cl)c1cccc(Cl)c1. The maximum absolute atomic E-state index is 12.7. The van der Waals surface area contributed by atoms with Gasteiger partial charge in [-0.05, 0) is 49.2 Å². The topological polar surface area (TPSA) is 83.5 Å². The highest BCUT2D eigenvalue weighted by Gasteiger charge is 2.28. The van der Waals surface area contributed by atoms with Crippen LogP contribution in [0.5, 0.6) is 0 Å². The van der Waals surface area contributed by atoms with Crippen LogP contribution in [0, 0.1) is 0 Å². The molecule has 2 aromatic carbocycles. The quantitative estimate of drug-likeness (QED) is 0.778. The second-order valence-electron chi connectivity index (χ2n) is 5.82. The average molecular weight is 435 g/mol. The summed E-state index contributed by atoms with van der Waals surface area (Å²) in [5.41, 5.74) is -0.00749. The van der Waals surface area contributed by atoms with Gasteiger partial charge in [0.2, 0.25) is 10.0 Å². The summed E-state index contributed by atoms with van der Waals surface area (Å²) < 4.78 is 54.1. The first-order valence-corrected chi connectivity index (χ1v) is 11.5. The number of hydrogen-bond donors (Lipinski definition) is 1. The van der Waals surface area contributed by atoms with Crippen molar-refractivity contribution in [2.45, 2.75) is 22.6 Å². The van der Waals surface area contributed by atoms with Gasteiger partial charge in [0.1, 0.15) is 0 Å². The van der Waals surface area contributed by atoms with Crippen LogP contribution in [0.1, 0.15) is 12.8 Å². The number of halogens is 2. The number of hydrogen-bond acceptors (Lipinski definition) is 4. The first-order valence-electron chi connectivity index (χ1n) is 7.78. The largest absolute Gasteiger partial charge is 0.278 e. The van der Waals surface area contributed by atoms with Crippen molar-refractivity contribution in [3.8, 4) is 0 Å². The zero-order valence-electron chi connectivity index (χ0n) is 13.5. The fourth-order valence-electron chi connectivity index (χ4n) is 2.66. The summed E-state index contributed by atoms with van der Waals surface area (Å²) in [5.74, 6) is 0. The van der Waals surface area contributed by atoms with Gasteiger partial charge in [0.05, 0.1) is 20.5 Å². The highest BCUT2D eigenvalue weighted by Crippen LogP contribution is 2.30. The van der Waals surface area contributed by atoms with Crippen molar-refractivity contribution in [1.82, 2.24) is 4.31 Å². The Labute approximate surface area is 162 Å². The van der Waals surface area contributed by atoms with E-state index in [4.69, 9.17) is 23.2 Å². The minimum absolute atomic E-state index is 0.00686. The van der Waals surface area contributed by atoms with Gasteiger partial charge in [0, 0.05) is 18.1 Å². The van der Waals surface area contributed by atoms with E-state index < -0.39 is 20.0 Å². The molecule has 10 heteroatoms. The lowest BCUT2D eigenvalue weighted by molar-refractivity contribution is 0.477. The molecule has 0 unspecified atom stereocenters. The second kappa shape index (κ2) is 7.36. The van der Waals surface area contributed by atoms with Crippen LogP contribution in [-0.4, -0.2) is 34.2 Å². The molecule has 1 fully saturated rings. The molecular formula is C16H16Cl2N2O4S2. The van der Waals surface area contributed by atoms with Crippen molar-refractivity contribution < 1.29 is 16.8 Å². The Balaban J connectivity index is 1.96. The van der Waals surface area contributed by atoms with Crippen molar-refractivity contribution in [1.29, 1.82) is 0 Å². The minimum Gasteiger partial charge on any atom is -0.278 e. The van der Waals surface area contributed by atoms with Crippen LogP contribution in [0.15, 0.2) is 52.3 Å². The third-order valence-corrected chi connectivity index (χ3v) is 7.81. The summed E-state index contributed by atoms with van der Waals surface area (Å²) in [7, 11) is -7.65. The predicted octanol–water partition coefficient (Wildman–Crippen LogP) is 3.58. The first kappa shape index (κ1) is 19.4.